The molecule has 15 rings (SSSR count). The Morgan fingerprint density at radius 3 is 1.05 bits per heavy atom. The highest BCUT2D eigenvalue weighted by atomic mass is 35.5. The van der Waals surface area contributed by atoms with Gasteiger partial charge in [0.1, 0.15) is 34.9 Å². The van der Waals surface area contributed by atoms with E-state index >= 15 is 0 Å². The molecule has 0 bridgehead atoms. The molecule has 602 valence electrons. The molecule has 5 aromatic heterocycles. The van der Waals surface area contributed by atoms with Crippen molar-refractivity contribution in [2.24, 2.45) is 101 Å². The van der Waals surface area contributed by atoms with E-state index in [0.29, 0.717) is 137 Å². The molecule has 0 unspecified atom stereocenters. The Labute approximate surface area is 682 Å². The second kappa shape index (κ2) is 36.2. The number of carbonyl (C=O) groups is 5. The third kappa shape index (κ3) is 18.8. The van der Waals surface area contributed by atoms with Crippen molar-refractivity contribution in [1.29, 1.82) is 0 Å². The molecule has 1 aliphatic carbocycles. The van der Waals surface area contributed by atoms with Crippen LogP contribution >= 0.6 is 70.4 Å². The Balaban J connectivity index is 0.000000142. The van der Waals surface area contributed by atoms with Crippen molar-refractivity contribution in [3.05, 3.63) is 237 Å². The summed E-state index contributed by atoms with van der Waals surface area (Å²) in [6.07, 6.45) is 6.01. The number of likely N-dealkylation sites (tertiary alicyclic amines) is 1. The van der Waals surface area contributed by atoms with Gasteiger partial charge in [-0.15, -0.1) is 58.8 Å². The van der Waals surface area contributed by atoms with Crippen LogP contribution in [0.1, 0.15) is 101 Å². The zero-order valence-corrected chi connectivity index (χ0v) is 70.3. The number of benzene rings is 3. The highest BCUT2D eigenvalue weighted by Gasteiger charge is 2.33. The summed E-state index contributed by atoms with van der Waals surface area (Å²) in [6, 6.07) is 20.1. The molecule has 6 aliphatic heterocycles. The number of Topliss-reactive ketones (excluding diaryl/α,β-unsaturated/α-hetero) is 4. The molecule has 1 amide bonds. The van der Waals surface area contributed by atoms with Gasteiger partial charge in [-0.25, -0.2) is 48.9 Å². The maximum atomic E-state index is 12.5. The van der Waals surface area contributed by atoms with Gasteiger partial charge in [0.2, 0.25) is 5.91 Å². The van der Waals surface area contributed by atoms with E-state index in [1.165, 1.54) is 117 Å². The summed E-state index contributed by atoms with van der Waals surface area (Å²) in [4.78, 5) is 205. The number of hydrogen-bond donors (Lipinski definition) is 0. The van der Waals surface area contributed by atoms with E-state index in [2.05, 4.69) is 25.0 Å². The number of fused-ring (bicyclic) bond motifs is 5. The van der Waals surface area contributed by atoms with Crippen LogP contribution in [-0.2, 0) is 112 Å². The van der Waals surface area contributed by atoms with Gasteiger partial charge in [-0.05, 0) is 70.2 Å². The van der Waals surface area contributed by atoms with Crippen molar-refractivity contribution >= 4 is 154 Å². The third-order valence-corrected chi connectivity index (χ3v) is 25.2. The minimum Gasteiger partial charge on any atom is -0.342 e. The molecular weight excluding hydrogens is 1600 g/mol. The van der Waals surface area contributed by atoms with E-state index in [1.807, 2.05) is 62.1 Å². The molecule has 7 aliphatic rings. The Morgan fingerprint density at radius 2 is 0.704 bits per heavy atom. The third-order valence-electron chi connectivity index (χ3n) is 20.0. The number of ketones is 4. The molecule has 1 saturated carbocycles. The number of carbonyl (C=O) groups excluding carboxylic acids is 5. The molecule has 115 heavy (non-hydrogen) atoms. The Hall–Kier alpha value is -10.4. The fourth-order valence-corrected chi connectivity index (χ4v) is 17.8. The number of halogens is 1. The standard InChI is InChI=1S/C18H19N3O3S.C17H17N3O3S.C16H14ClN3O3S.C14H18N4O3S.C13H15N3O3S/c1-10-5-6-12(11(2)7-10)14(22)9-25-15-8-13-16(19-15)20(3)18(24)21(4)17(13)23;1-10-5-4-6-11(7-10)13(21)9-24-14-8-12-15(18-14)19(2)17(23)20(3)16(12)22;1-19-14-10(15(22)20(2)16(19)23)7-13(18-14)24-8-12(21)9-5-3-4-6-11(9)17;1-16-12-9(13(20)17(2)14(16)21)7-10(15-12)22-8-11(19)18-5-3-4-6-18;1-15-11-8(12(18)16(2)13(15)19)5-10(14-11)20-6-9(17)7-3-4-7/h5-7H,8-9H2,1-4H3;4-7H,8-9H2,1-3H3;3-6H,7-8H2,1-2H3;3-8H2,1-2H3;7H,3-6H2,1-2H3. The molecule has 37 heteroatoms. The number of thioether (sulfide) groups is 5. The van der Waals surface area contributed by atoms with Gasteiger partial charge in [-0.2, -0.15) is 0 Å². The summed E-state index contributed by atoms with van der Waals surface area (Å²) in [5.41, 5.74) is 3.95. The number of aromatic nitrogens is 10. The molecule has 31 nitrogen and oxygen atoms in total. The number of amides is 1. The summed E-state index contributed by atoms with van der Waals surface area (Å²) in [5.74, 6) is 4.00. The molecule has 0 N–H and O–H groups in total. The van der Waals surface area contributed by atoms with E-state index in [4.69, 9.17) is 11.6 Å². The van der Waals surface area contributed by atoms with Crippen LogP contribution in [0.2, 0.25) is 5.02 Å². The van der Waals surface area contributed by atoms with Gasteiger partial charge in [0.05, 0.1) is 86.8 Å². The molecule has 1 saturated heterocycles. The van der Waals surface area contributed by atoms with Gasteiger partial charge < -0.3 is 4.90 Å². The first kappa shape index (κ1) is 85.5. The average molecular weight is 1680 g/mol. The van der Waals surface area contributed by atoms with Gasteiger partial charge >= 0.3 is 28.4 Å². The van der Waals surface area contributed by atoms with E-state index in [-0.39, 0.29) is 91.4 Å². The van der Waals surface area contributed by atoms with Crippen LogP contribution in [0, 0.1) is 26.7 Å². The van der Waals surface area contributed by atoms with Gasteiger partial charge in [-0.3, -0.25) is 93.6 Å². The van der Waals surface area contributed by atoms with Crippen molar-refractivity contribution in [1.82, 2.24) is 50.6 Å². The SMILES string of the molecule is Cc1ccc(C(=O)CSC2=Nc3c(c(=O)n(C)c(=O)n3C)C2)c(C)c1.Cc1cccc(C(=O)CSC2=Nc3c(c(=O)n(C)c(=O)n3C)C2)c1.Cn1c2c(c(=O)n(C)c1=O)CC(SCC(=O)C1CC1)=N2.Cn1c2c(c(=O)n(C)c1=O)CC(SCC(=O)N1CCCC1)=N2.Cn1c2c(c(=O)n(C)c1=O)CC(SCC(=O)c1ccccc1Cl)=N2. The first-order chi connectivity index (χ1) is 54.5. The minimum atomic E-state index is -0.416. The normalized spacial score (nSPS) is 14.3. The minimum absolute atomic E-state index is 0.0177. The molecule has 3 aromatic carbocycles. The average Bonchev–Trinajstić information content (AvgIpc) is 1.68. The van der Waals surface area contributed by atoms with Gasteiger partial charge in [-0.1, -0.05) is 71.3 Å². The second-order valence-corrected chi connectivity index (χ2v) is 33.8. The summed E-state index contributed by atoms with van der Waals surface area (Å²) in [5, 5.41) is 3.89. The highest BCUT2D eigenvalue weighted by molar-refractivity contribution is 8.15. The largest absolute Gasteiger partial charge is 0.342 e. The van der Waals surface area contributed by atoms with Crippen LogP contribution in [0.3, 0.4) is 0 Å². The van der Waals surface area contributed by atoms with Crippen molar-refractivity contribution in [3.63, 3.8) is 0 Å². The summed E-state index contributed by atoms with van der Waals surface area (Å²) in [6.45, 7) is 7.53. The van der Waals surface area contributed by atoms with Crippen molar-refractivity contribution < 1.29 is 24.0 Å². The lowest BCUT2D eigenvalue weighted by Gasteiger charge is -2.14. The van der Waals surface area contributed by atoms with Crippen LogP contribution in [0.5, 0.6) is 0 Å². The maximum Gasteiger partial charge on any atom is 0.332 e. The Kier molecular flexibility index (Phi) is 26.9. The summed E-state index contributed by atoms with van der Waals surface area (Å²) < 4.78 is 12.3. The number of hydrogen-bond acceptors (Lipinski definition) is 25. The van der Waals surface area contributed by atoms with Gasteiger partial charge in [0, 0.05) is 138 Å². The fraction of sp³-hybridized carbons (Fsp3) is 0.385. The zero-order valence-electron chi connectivity index (χ0n) is 65.4. The molecule has 0 spiro atoms. The summed E-state index contributed by atoms with van der Waals surface area (Å²) >= 11 is 12.7. The highest BCUT2D eigenvalue weighted by Crippen LogP contribution is 2.35. The Bertz CT molecular complexity index is 6250. The number of nitrogens with zero attached hydrogens (tertiary/aromatic N) is 16. The van der Waals surface area contributed by atoms with Crippen LogP contribution in [0.15, 0.2) is 140 Å². The molecule has 8 aromatic rings. The predicted octanol–water partition coefficient (Wildman–Crippen LogP) is 5.85. The van der Waals surface area contributed by atoms with Crippen LogP contribution in [0.4, 0.5) is 29.1 Å². The lowest BCUT2D eigenvalue weighted by atomic mass is 10.0. The topological polar surface area (TPSA) is 370 Å². The van der Waals surface area contributed by atoms with E-state index in [1.54, 1.807) is 65.6 Å². The molecule has 2 fully saturated rings. The Morgan fingerprint density at radius 1 is 0.374 bits per heavy atom. The second-order valence-electron chi connectivity index (χ2n) is 28.2. The van der Waals surface area contributed by atoms with E-state index < -0.39 is 17.1 Å². The van der Waals surface area contributed by atoms with E-state index in [0.717, 1.165) is 88.4 Å². The zero-order chi connectivity index (χ0) is 83.5. The number of aliphatic imine (C=N–C) groups is 5. The molecule has 0 atom stereocenters. The van der Waals surface area contributed by atoms with Gasteiger partial charge in [0.15, 0.2) is 17.3 Å². The molecular formula is C78H83ClN16O15S5. The lowest BCUT2D eigenvalue weighted by Crippen LogP contribution is -2.38. The monoisotopic (exact) mass is 1680 g/mol. The van der Waals surface area contributed by atoms with Crippen LogP contribution < -0.4 is 56.2 Å². The number of aryl methyl sites for hydroxylation is 3. The first-order valence-electron chi connectivity index (χ1n) is 36.3. The van der Waals surface area contributed by atoms with Gasteiger partial charge in [0.25, 0.3) is 27.8 Å². The smallest absolute Gasteiger partial charge is 0.332 e. The summed E-state index contributed by atoms with van der Waals surface area (Å²) in [7, 11) is 15.3. The van der Waals surface area contributed by atoms with Crippen molar-refractivity contribution in [2.45, 2.75) is 78.6 Å². The molecule has 11 heterocycles. The lowest BCUT2D eigenvalue weighted by molar-refractivity contribution is -0.127. The fourth-order valence-electron chi connectivity index (χ4n) is 13.2. The quantitative estimate of drug-likeness (QED) is 0.115. The van der Waals surface area contributed by atoms with Crippen molar-refractivity contribution in [2.75, 3.05) is 41.9 Å². The van der Waals surface area contributed by atoms with Crippen LogP contribution in [0.25, 0.3) is 0 Å². The maximum absolute atomic E-state index is 12.5. The predicted molar refractivity (Wildman–Crippen MR) is 456 cm³/mol. The van der Waals surface area contributed by atoms with E-state index in [9.17, 15) is 71.9 Å². The number of rotatable bonds is 14. The van der Waals surface area contributed by atoms with Crippen molar-refractivity contribution in [3.8, 4) is 0 Å². The van der Waals surface area contributed by atoms with Crippen LogP contribution in [-0.4, -0.2) is 147 Å². The molecule has 0 radical (unpaired) electrons. The first-order valence-corrected chi connectivity index (χ1v) is 41.6.